The molecule has 95 heavy (non-hydrogen) atoms. The van der Waals surface area contributed by atoms with Gasteiger partial charge in [-0.2, -0.15) is 0 Å². The average molecular weight is 1440 g/mol. The summed E-state index contributed by atoms with van der Waals surface area (Å²) < 4.78 is 79.6. The minimum atomic E-state index is -4.43. The number of Topliss-reactive ketones (excluding diaryl/α,β-unsaturated/α-hetero) is 1. The molecule has 0 saturated carbocycles. The highest BCUT2D eigenvalue weighted by molar-refractivity contribution is 8.76. The number of carbonyl (C=O) groups excluding carboxylic acids is 5. The number of alkyl carbamates (subject to hydrolysis) is 1. The fourth-order valence-corrected chi connectivity index (χ4v) is 16.5. The Kier molecular flexibility index (Phi) is 19.9. The van der Waals surface area contributed by atoms with E-state index < -0.39 is 184 Å². The van der Waals surface area contributed by atoms with E-state index in [2.05, 4.69) is 52.8 Å². The lowest BCUT2D eigenvalue weighted by atomic mass is 9.72. The molecule has 4 fully saturated rings. The van der Waals surface area contributed by atoms with Crippen molar-refractivity contribution < 1.29 is 120 Å². The van der Waals surface area contributed by atoms with Gasteiger partial charge in [-0.3, -0.25) is 42.4 Å². The van der Waals surface area contributed by atoms with Crippen LogP contribution in [0.25, 0.3) is 22.3 Å². The first-order valence-corrected chi connectivity index (χ1v) is 36.5. The highest BCUT2D eigenvalue weighted by Crippen LogP contribution is 2.59. The maximum atomic E-state index is 14.1. The first-order chi connectivity index (χ1) is 45.3. The van der Waals surface area contributed by atoms with Crippen molar-refractivity contribution in [2.45, 2.75) is 112 Å². The summed E-state index contributed by atoms with van der Waals surface area (Å²) >= 11 is 9.48. The van der Waals surface area contributed by atoms with Gasteiger partial charge in [0.25, 0.3) is 0 Å². The molecule has 2 aliphatic carbocycles. The number of nitrogens with zero attached hydrogens (tertiary/aromatic N) is 8. The van der Waals surface area contributed by atoms with E-state index in [4.69, 9.17) is 68.8 Å². The van der Waals surface area contributed by atoms with E-state index in [-0.39, 0.29) is 93.1 Å². The quantitative estimate of drug-likeness (QED) is 0.0215. The molecule has 2 amide bonds. The number of methoxy groups -OCH3 is 1. The summed E-state index contributed by atoms with van der Waals surface area (Å²) in [4.78, 5) is 103. The molecule has 42 heteroatoms. The summed E-state index contributed by atoms with van der Waals surface area (Å²) in [6.07, 6.45) is -15.5. The number of hydrogen-bond donors (Lipinski definition) is 12. The van der Waals surface area contributed by atoms with E-state index in [9.17, 15) is 69.2 Å². The zero-order valence-corrected chi connectivity index (χ0v) is 54.5. The summed E-state index contributed by atoms with van der Waals surface area (Å²) in [5, 5.41) is 84.4. The first kappa shape index (κ1) is 68.6. The average Bonchev–Trinajstić information content (AvgIpc) is 1.63. The molecule has 6 aliphatic rings. The first-order valence-electron chi connectivity index (χ1n) is 28.7. The van der Waals surface area contributed by atoms with E-state index in [0.29, 0.717) is 0 Å². The molecule has 2 aromatic carbocycles. The topological polar surface area (TPSA) is 503 Å². The zero-order valence-electron chi connectivity index (χ0n) is 49.4. The van der Waals surface area contributed by atoms with Crippen LogP contribution in [0.15, 0.2) is 43.5 Å². The van der Waals surface area contributed by atoms with E-state index in [1.807, 2.05) is 0 Å². The highest BCUT2D eigenvalue weighted by Gasteiger charge is 2.55. The fourth-order valence-electron chi connectivity index (χ4n) is 12.0. The number of fused-ring (bicyclic) bond motifs is 7. The number of ketones is 3. The van der Waals surface area contributed by atoms with Gasteiger partial charge < -0.3 is 89.4 Å². The third-order valence-corrected chi connectivity index (χ3v) is 21.9. The van der Waals surface area contributed by atoms with Crippen LogP contribution in [-0.2, 0) is 74.1 Å². The molecule has 6 aromatic rings. The number of nitrogens with two attached hydrogens (primary N) is 1. The third kappa shape index (κ3) is 13.5. The Labute approximate surface area is 553 Å². The number of aromatic hydroxyl groups is 2. The number of nitrogen functional groups attached to an aromatic ring is 1. The summed E-state index contributed by atoms with van der Waals surface area (Å²) in [7, 11) is 3.82. The SMILES string of the molecule is COc1cccc2c1C(=O)c1c(O)c3c(c(O)c1C2=O)C[C@@](O)(C(=O)CO)C[C@@H]3OC1CC(NC(=O)OCCSSCCOC(=O)Nc2ncnc3c2ncn3[C@@H]2O[C@H]3COP(=O)(S)O[C@H]4[C@@H](O)[C@@H](n5cnc6c(N)ncnc65)O[C@@H]4COP(O)(=S)O[C@H]3[C@H]2O)C(O)C(C)O1. The normalized spacial score (nSPS) is 31.4. The van der Waals surface area contributed by atoms with Gasteiger partial charge in [-0.05, 0) is 24.8 Å². The smallest absolute Gasteiger partial charge is 0.412 e. The van der Waals surface area contributed by atoms with Gasteiger partial charge in [0.2, 0.25) is 5.78 Å². The fraction of sp³-hybridized carbons (Fsp3) is 0.491. The maximum absolute atomic E-state index is 14.1. The van der Waals surface area contributed by atoms with Gasteiger partial charge in [-0.25, -0.2) is 44.1 Å². The van der Waals surface area contributed by atoms with E-state index >= 15 is 0 Å². The Morgan fingerprint density at radius 1 is 0.832 bits per heavy atom. The minimum Gasteiger partial charge on any atom is -0.507 e. The predicted molar refractivity (Wildman–Crippen MR) is 332 cm³/mol. The van der Waals surface area contributed by atoms with Crippen LogP contribution in [-0.4, -0.2) is 228 Å². The lowest BCUT2D eigenvalue weighted by Crippen LogP contribution is -2.56. The summed E-state index contributed by atoms with van der Waals surface area (Å²) in [5.74, 6) is -3.89. The van der Waals surface area contributed by atoms with Gasteiger partial charge in [0.1, 0.15) is 104 Å². The number of aliphatic hydroxyl groups excluding tert-OH is 4. The van der Waals surface area contributed by atoms with Gasteiger partial charge in [0.15, 0.2) is 58.8 Å². The predicted octanol–water partition coefficient (Wildman–Crippen LogP) is 1.55. The zero-order chi connectivity index (χ0) is 67.6. The molecule has 0 spiro atoms. The number of thiol groups is 1. The Morgan fingerprint density at radius 2 is 1.45 bits per heavy atom. The monoisotopic (exact) mass is 1440 g/mol. The van der Waals surface area contributed by atoms with Gasteiger partial charge >= 0.3 is 25.7 Å². The van der Waals surface area contributed by atoms with Crippen molar-refractivity contribution in [3.63, 3.8) is 0 Å². The molecule has 4 aliphatic heterocycles. The highest BCUT2D eigenvalue weighted by atomic mass is 33.1. The maximum Gasteiger partial charge on any atom is 0.412 e. The Balaban J connectivity index is 0.608. The molecule has 8 heterocycles. The number of hydrogen-bond acceptors (Lipinski definition) is 34. The number of aliphatic hydroxyl groups is 5. The lowest BCUT2D eigenvalue weighted by Gasteiger charge is -2.42. The second-order valence-electron chi connectivity index (χ2n) is 22.2. The van der Waals surface area contributed by atoms with Crippen LogP contribution in [0.3, 0.4) is 0 Å². The van der Waals surface area contributed by atoms with Crippen LogP contribution >= 0.6 is 47.4 Å². The van der Waals surface area contributed by atoms with Crippen molar-refractivity contribution in [1.29, 1.82) is 0 Å². The number of aromatic nitrogens is 8. The number of amides is 2. The lowest BCUT2D eigenvalue weighted by molar-refractivity contribution is -0.249. The minimum absolute atomic E-state index is 0.0197. The van der Waals surface area contributed by atoms with Crippen LogP contribution in [0.4, 0.5) is 21.2 Å². The van der Waals surface area contributed by atoms with Crippen molar-refractivity contribution in [1.82, 2.24) is 44.4 Å². The molecule has 16 atom stereocenters. The van der Waals surface area contributed by atoms with E-state index in [1.54, 1.807) is 0 Å². The molecule has 0 bridgehead atoms. The number of benzene rings is 2. The molecule has 0 radical (unpaired) electrons. The second kappa shape index (κ2) is 27.5. The summed E-state index contributed by atoms with van der Waals surface area (Å²) in [6.45, 7) is -9.87. The molecule has 12 rings (SSSR count). The van der Waals surface area contributed by atoms with Crippen LogP contribution in [0.5, 0.6) is 17.2 Å². The van der Waals surface area contributed by atoms with Gasteiger partial charge in [-0.15, -0.1) is 0 Å². The Morgan fingerprint density at radius 3 is 2.13 bits per heavy atom. The molecule has 12 N–H and O–H groups in total. The van der Waals surface area contributed by atoms with Crippen molar-refractivity contribution in [2.75, 3.05) is 62.7 Å². The van der Waals surface area contributed by atoms with Crippen molar-refractivity contribution in [3.05, 3.63) is 76.9 Å². The van der Waals surface area contributed by atoms with Gasteiger partial charge in [0.05, 0.1) is 67.9 Å². The van der Waals surface area contributed by atoms with Gasteiger partial charge in [-0.1, -0.05) is 46.0 Å². The Hall–Kier alpha value is -6.34. The van der Waals surface area contributed by atoms with Crippen molar-refractivity contribution in [2.24, 2.45) is 0 Å². The number of rotatable bonds is 16. The largest absolute Gasteiger partial charge is 0.507 e. The molecule has 510 valence electrons. The number of nitrogens with one attached hydrogen (secondary N) is 2. The standard InChI is InChI=1S/C53H59N11O25P2S4/c1-20-36(67)23(10-29(84-20)85-25-12-53(76,28(66)13-65)11-22-31(25)40(71)33-32(38(22)69)37(68)21-4-3-5-24(79-2)30(21)39(33)70)61-51(74)80-6-8-94-95-9-7-81-52(75)62-46-35-48(58-17-56-46)64(19-60-35)50-42(73)44-27(87-50)15-83-90(77,92)88-43-26(14-82-91(78,93)89-44)86-49(41(43)72)63-18-59-34-45(54)55-16-57-47(34)63/h3-5,16-20,23,25-27,29,36,41-44,49-50,65,67,69,71-73,76H,6-15H2,1-2H3,(H,61,74)(H,77,92)(H,78,93)(H2,54,55,57)(H,56,58,62,75)/t20?,23?,25-,26+,27-,29?,36?,41+,42+,43+,44+,49-,50+,53-,90?,91?/m0/s1. The molecular weight excluding hydrogens is 1380 g/mol. The molecular formula is C53H59N11O25P2S4. The number of imidazole rings is 2. The third-order valence-electron chi connectivity index (χ3n) is 16.4. The summed E-state index contributed by atoms with van der Waals surface area (Å²) in [6, 6.07) is 3.15. The number of phenolic OH excluding ortho intramolecular Hbond substituents is 2. The van der Waals surface area contributed by atoms with Gasteiger partial charge in [0, 0.05) is 47.5 Å². The van der Waals surface area contributed by atoms with Crippen LogP contribution in [0.2, 0.25) is 0 Å². The summed E-state index contributed by atoms with van der Waals surface area (Å²) in [5.41, 5.74) is 1.96. The molecule has 6 unspecified atom stereocenters. The number of phenols is 2. The van der Waals surface area contributed by atoms with E-state index in [1.165, 1.54) is 81.9 Å². The molecule has 4 saturated heterocycles. The number of carbonyl (C=O) groups is 5. The molecule has 4 aromatic heterocycles. The van der Waals surface area contributed by atoms with Crippen molar-refractivity contribution >= 4 is 123 Å². The number of ether oxygens (including phenoxy) is 7. The van der Waals surface area contributed by atoms with Crippen molar-refractivity contribution in [3.8, 4) is 17.2 Å². The second-order valence-corrected chi connectivity index (χ2v) is 30.6. The van der Waals surface area contributed by atoms with Crippen LogP contribution in [0, 0.1) is 0 Å². The Bertz CT molecular complexity index is 4120. The van der Waals surface area contributed by atoms with E-state index in [0.717, 1.165) is 6.33 Å². The van der Waals surface area contributed by atoms with Crippen LogP contribution in [0.1, 0.15) is 81.3 Å². The molecule has 36 nitrogen and oxygen atoms in total. The number of anilines is 2. The van der Waals surface area contributed by atoms with Crippen LogP contribution < -0.4 is 21.1 Å².